The second kappa shape index (κ2) is 6.27. The predicted octanol–water partition coefficient (Wildman–Crippen LogP) is 1.76. The minimum Gasteiger partial charge on any atom is -0.339 e. The molecular formula is C17H19N5O2. The van der Waals surface area contributed by atoms with Crippen LogP contribution in [-0.4, -0.2) is 34.0 Å². The minimum atomic E-state index is -0.456. The molecule has 0 aliphatic heterocycles. The first kappa shape index (κ1) is 15.9. The predicted molar refractivity (Wildman–Crippen MR) is 89.4 cm³/mol. The summed E-state index contributed by atoms with van der Waals surface area (Å²) in [7, 11) is 1.66. The standard InChI is InChI=1S/C17H19N5O2/c1-3-14(23)22(2)13-7-5-12(6-8-13)15(24)20-17(9-4-10-17)16-18-11-19-21-16/h3,5-8,11H,1,4,9-10H2,2H3,(H,20,24)(H,18,19,21). The van der Waals surface area contributed by atoms with Crippen molar-refractivity contribution in [3.63, 3.8) is 0 Å². The van der Waals surface area contributed by atoms with Crippen molar-refractivity contribution in [1.82, 2.24) is 20.5 Å². The second-order valence-electron chi connectivity index (χ2n) is 5.87. The first-order valence-electron chi connectivity index (χ1n) is 7.74. The van der Waals surface area contributed by atoms with Gasteiger partial charge >= 0.3 is 0 Å². The van der Waals surface area contributed by atoms with E-state index in [1.165, 1.54) is 17.3 Å². The Hall–Kier alpha value is -2.96. The van der Waals surface area contributed by atoms with Gasteiger partial charge in [-0.1, -0.05) is 6.58 Å². The molecule has 0 saturated heterocycles. The zero-order valence-corrected chi connectivity index (χ0v) is 13.5. The van der Waals surface area contributed by atoms with Gasteiger partial charge in [-0.2, -0.15) is 5.10 Å². The minimum absolute atomic E-state index is 0.171. The fourth-order valence-corrected chi connectivity index (χ4v) is 2.78. The summed E-state index contributed by atoms with van der Waals surface area (Å²) in [6, 6.07) is 6.87. The van der Waals surface area contributed by atoms with Crippen LogP contribution in [0.1, 0.15) is 35.4 Å². The summed E-state index contributed by atoms with van der Waals surface area (Å²) in [5, 5.41) is 9.78. The maximum Gasteiger partial charge on any atom is 0.252 e. The lowest BCUT2D eigenvalue weighted by Crippen LogP contribution is -2.51. The van der Waals surface area contributed by atoms with Crippen molar-refractivity contribution in [2.75, 3.05) is 11.9 Å². The number of likely N-dealkylation sites (N-methyl/N-ethyl adjacent to an activating group) is 1. The molecule has 2 amide bonds. The molecule has 124 valence electrons. The molecule has 7 nitrogen and oxygen atoms in total. The summed E-state index contributed by atoms with van der Waals surface area (Å²) in [6.07, 6.45) is 5.40. The molecule has 0 bridgehead atoms. The van der Waals surface area contributed by atoms with Crippen LogP contribution < -0.4 is 10.2 Å². The molecule has 1 aliphatic carbocycles. The SMILES string of the molecule is C=CC(=O)N(C)c1ccc(C(=O)NC2(c3ncn[nH]3)CCC2)cc1. The van der Waals surface area contributed by atoms with E-state index in [9.17, 15) is 9.59 Å². The van der Waals surface area contributed by atoms with Crippen LogP contribution >= 0.6 is 0 Å². The van der Waals surface area contributed by atoms with Gasteiger partial charge in [0, 0.05) is 18.3 Å². The van der Waals surface area contributed by atoms with Gasteiger partial charge in [0.25, 0.3) is 5.91 Å². The number of amides is 2. The fourth-order valence-electron chi connectivity index (χ4n) is 2.78. The van der Waals surface area contributed by atoms with Crippen LogP contribution in [0, 0.1) is 0 Å². The summed E-state index contributed by atoms with van der Waals surface area (Å²) in [5.41, 5.74) is 0.774. The Morgan fingerprint density at radius 2 is 2.04 bits per heavy atom. The number of nitrogens with zero attached hydrogens (tertiary/aromatic N) is 3. The van der Waals surface area contributed by atoms with E-state index in [0.29, 0.717) is 17.1 Å². The largest absolute Gasteiger partial charge is 0.339 e. The third kappa shape index (κ3) is 2.80. The van der Waals surface area contributed by atoms with Crippen LogP contribution in [0.25, 0.3) is 0 Å². The van der Waals surface area contributed by atoms with E-state index >= 15 is 0 Å². The van der Waals surface area contributed by atoms with Crippen LogP contribution in [-0.2, 0) is 10.3 Å². The van der Waals surface area contributed by atoms with Gasteiger partial charge in [0.05, 0.1) is 5.54 Å². The van der Waals surface area contributed by atoms with Crippen molar-refractivity contribution >= 4 is 17.5 Å². The zero-order valence-electron chi connectivity index (χ0n) is 13.5. The van der Waals surface area contributed by atoms with E-state index in [1.807, 2.05) is 0 Å². The van der Waals surface area contributed by atoms with E-state index in [-0.39, 0.29) is 11.8 Å². The summed E-state index contributed by atoms with van der Waals surface area (Å²) in [4.78, 5) is 29.8. The number of nitrogens with one attached hydrogen (secondary N) is 2. The molecular weight excluding hydrogens is 306 g/mol. The Kier molecular flexibility index (Phi) is 4.16. The van der Waals surface area contributed by atoms with Crippen molar-refractivity contribution in [2.45, 2.75) is 24.8 Å². The number of H-pyrrole nitrogens is 1. The van der Waals surface area contributed by atoms with Crippen molar-refractivity contribution in [1.29, 1.82) is 0 Å². The highest BCUT2D eigenvalue weighted by Gasteiger charge is 2.42. The van der Waals surface area contributed by atoms with Crippen LogP contribution in [0.3, 0.4) is 0 Å². The number of carbonyl (C=O) groups is 2. The number of anilines is 1. The molecule has 1 saturated carbocycles. The van der Waals surface area contributed by atoms with Gasteiger partial charge in [-0.25, -0.2) is 4.98 Å². The lowest BCUT2D eigenvalue weighted by Gasteiger charge is -2.40. The Morgan fingerprint density at radius 3 is 2.54 bits per heavy atom. The van der Waals surface area contributed by atoms with Crippen molar-refractivity contribution in [3.8, 4) is 0 Å². The fraction of sp³-hybridized carbons (Fsp3) is 0.294. The molecule has 2 N–H and O–H groups in total. The lowest BCUT2D eigenvalue weighted by molar-refractivity contribution is -0.113. The average molecular weight is 325 g/mol. The van der Waals surface area contributed by atoms with E-state index in [2.05, 4.69) is 27.1 Å². The molecule has 1 aliphatic rings. The molecule has 0 unspecified atom stereocenters. The molecule has 3 rings (SSSR count). The maximum atomic E-state index is 12.5. The molecule has 1 fully saturated rings. The van der Waals surface area contributed by atoms with Crippen molar-refractivity contribution < 1.29 is 9.59 Å². The van der Waals surface area contributed by atoms with E-state index in [1.54, 1.807) is 31.3 Å². The Bertz CT molecular complexity index is 748. The average Bonchev–Trinajstić information content (AvgIpc) is 3.11. The molecule has 0 atom stereocenters. The van der Waals surface area contributed by atoms with Crippen molar-refractivity contribution in [2.24, 2.45) is 0 Å². The normalized spacial score (nSPS) is 15.2. The smallest absolute Gasteiger partial charge is 0.252 e. The Morgan fingerprint density at radius 1 is 1.33 bits per heavy atom. The van der Waals surface area contributed by atoms with Gasteiger partial charge in [0.1, 0.15) is 12.2 Å². The number of rotatable bonds is 5. The molecule has 1 heterocycles. The van der Waals surface area contributed by atoms with Crippen molar-refractivity contribution in [3.05, 3.63) is 54.6 Å². The number of aromatic amines is 1. The topological polar surface area (TPSA) is 91.0 Å². The number of carbonyl (C=O) groups excluding carboxylic acids is 2. The summed E-state index contributed by atoms with van der Waals surface area (Å²) in [6.45, 7) is 3.46. The molecule has 0 radical (unpaired) electrons. The number of benzene rings is 1. The summed E-state index contributed by atoms with van der Waals surface area (Å²) >= 11 is 0. The molecule has 7 heteroatoms. The quantitative estimate of drug-likeness (QED) is 0.820. The molecule has 0 spiro atoms. The Labute approximate surface area is 139 Å². The first-order chi connectivity index (χ1) is 11.6. The first-order valence-corrected chi connectivity index (χ1v) is 7.74. The van der Waals surface area contributed by atoms with E-state index in [0.717, 1.165) is 19.3 Å². The zero-order chi connectivity index (χ0) is 17.2. The van der Waals surface area contributed by atoms with Crippen LogP contribution in [0.2, 0.25) is 0 Å². The van der Waals surface area contributed by atoms with Gasteiger partial charge in [-0.3, -0.25) is 14.7 Å². The molecule has 24 heavy (non-hydrogen) atoms. The second-order valence-corrected chi connectivity index (χ2v) is 5.87. The van der Waals surface area contributed by atoms with E-state index in [4.69, 9.17) is 0 Å². The van der Waals surface area contributed by atoms with Gasteiger partial charge < -0.3 is 10.2 Å². The highest BCUT2D eigenvalue weighted by atomic mass is 16.2. The maximum absolute atomic E-state index is 12.5. The van der Waals surface area contributed by atoms with Crippen LogP contribution in [0.5, 0.6) is 0 Å². The molecule has 2 aromatic rings. The number of hydrogen-bond donors (Lipinski definition) is 2. The number of aromatic nitrogens is 3. The summed E-state index contributed by atoms with van der Waals surface area (Å²) < 4.78 is 0. The van der Waals surface area contributed by atoms with Crippen LogP contribution in [0.15, 0.2) is 43.2 Å². The third-order valence-corrected chi connectivity index (χ3v) is 4.45. The number of hydrogen-bond acceptors (Lipinski definition) is 4. The van der Waals surface area contributed by atoms with Gasteiger partial charge in [0.2, 0.25) is 5.91 Å². The monoisotopic (exact) mass is 325 g/mol. The summed E-state index contributed by atoms with van der Waals surface area (Å²) in [5.74, 6) is 0.316. The van der Waals surface area contributed by atoms with E-state index < -0.39 is 5.54 Å². The Balaban J connectivity index is 1.74. The highest BCUT2D eigenvalue weighted by molar-refractivity contribution is 6.01. The highest BCUT2D eigenvalue weighted by Crippen LogP contribution is 2.39. The van der Waals surface area contributed by atoms with Gasteiger partial charge in [-0.05, 0) is 49.6 Å². The van der Waals surface area contributed by atoms with Gasteiger partial charge in [0.15, 0.2) is 0 Å². The molecule has 1 aromatic carbocycles. The lowest BCUT2D eigenvalue weighted by atomic mass is 9.76. The third-order valence-electron chi connectivity index (χ3n) is 4.45. The van der Waals surface area contributed by atoms with Gasteiger partial charge in [-0.15, -0.1) is 0 Å². The van der Waals surface area contributed by atoms with Crippen LogP contribution in [0.4, 0.5) is 5.69 Å². The molecule has 1 aromatic heterocycles.